The van der Waals surface area contributed by atoms with Crippen LogP contribution in [-0.2, 0) is 13.1 Å². The van der Waals surface area contributed by atoms with E-state index in [-0.39, 0.29) is 0 Å². The molecule has 0 spiro atoms. The smallest absolute Gasteiger partial charge is 0.203 e. The first-order chi connectivity index (χ1) is 12.2. The molecule has 4 nitrogen and oxygen atoms in total. The molecule has 0 radical (unpaired) electrons. The van der Waals surface area contributed by atoms with E-state index in [4.69, 9.17) is 12.2 Å². The summed E-state index contributed by atoms with van der Waals surface area (Å²) in [7, 11) is 2.16. The van der Waals surface area contributed by atoms with Gasteiger partial charge in [-0.2, -0.15) is 5.10 Å². The van der Waals surface area contributed by atoms with Crippen molar-refractivity contribution in [1.29, 1.82) is 0 Å². The lowest BCUT2D eigenvalue weighted by atomic mass is 9.87. The molecule has 1 aliphatic carbocycles. The number of benzene rings is 2. The van der Waals surface area contributed by atoms with Crippen molar-refractivity contribution in [3.63, 3.8) is 0 Å². The van der Waals surface area contributed by atoms with Gasteiger partial charge in [0.25, 0.3) is 0 Å². The van der Waals surface area contributed by atoms with Gasteiger partial charge in [0.1, 0.15) is 6.33 Å². The first-order valence-electron chi connectivity index (χ1n) is 8.72. The van der Waals surface area contributed by atoms with Gasteiger partial charge in [-0.05, 0) is 61.8 Å². The van der Waals surface area contributed by atoms with Crippen LogP contribution in [0.25, 0.3) is 5.69 Å². The summed E-state index contributed by atoms with van der Waals surface area (Å²) in [6.07, 6.45) is 5.40. The minimum atomic E-state index is 0.425. The van der Waals surface area contributed by atoms with Gasteiger partial charge in [0, 0.05) is 11.7 Å². The molecule has 0 amide bonds. The van der Waals surface area contributed by atoms with Crippen molar-refractivity contribution in [3.8, 4) is 5.69 Å². The van der Waals surface area contributed by atoms with Gasteiger partial charge in [-0.3, -0.25) is 9.47 Å². The summed E-state index contributed by atoms with van der Waals surface area (Å²) < 4.78 is 4.58. The number of para-hydroxylation sites is 1. The molecule has 3 aromatic rings. The van der Waals surface area contributed by atoms with E-state index in [1.54, 1.807) is 6.33 Å². The number of fused-ring (bicyclic) bond motifs is 1. The summed E-state index contributed by atoms with van der Waals surface area (Å²) >= 11 is 5.64. The Bertz CT molecular complexity index is 913. The lowest BCUT2D eigenvalue weighted by Crippen LogP contribution is -2.30. The molecule has 0 unspecified atom stereocenters. The van der Waals surface area contributed by atoms with Crippen LogP contribution in [-0.4, -0.2) is 26.3 Å². The molecule has 5 heteroatoms. The van der Waals surface area contributed by atoms with E-state index in [9.17, 15) is 0 Å². The highest BCUT2D eigenvalue weighted by molar-refractivity contribution is 7.71. The van der Waals surface area contributed by atoms with E-state index in [1.165, 1.54) is 30.4 Å². The van der Waals surface area contributed by atoms with Gasteiger partial charge in [-0.25, -0.2) is 4.68 Å². The maximum absolute atomic E-state index is 5.64. The van der Waals surface area contributed by atoms with Gasteiger partial charge in [0.15, 0.2) is 0 Å². The normalized spacial score (nSPS) is 16.8. The van der Waals surface area contributed by atoms with Gasteiger partial charge in [-0.15, -0.1) is 0 Å². The van der Waals surface area contributed by atoms with Crippen LogP contribution in [0.4, 0.5) is 0 Å². The fourth-order valence-electron chi connectivity index (χ4n) is 3.70. The SMILES string of the molecule is CN(Cn1ncn(-c2ccccc2)c1=S)[C@H]1CCCc2ccccc21. The molecule has 2 aromatic carbocycles. The Morgan fingerprint density at radius 1 is 1.12 bits per heavy atom. The van der Waals surface area contributed by atoms with Crippen LogP contribution in [0.15, 0.2) is 60.9 Å². The number of hydrogen-bond acceptors (Lipinski definition) is 3. The summed E-state index contributed by atoms with van der Waals surface area (Å²) in [4.78, 5) is 2.36. The summed E-state index contributed by atoms with van der Waals surface area (Å²) in [5, 5.41) is 4.52. The molecular weight excluding hydrogens is 328 g/mol. The standard InChI is InChI=1S/C20H22N4S/c1-22(19-13-7-9-16-8-5-6-12-18(16)19)15-24-20(25)23(14-21-24)17-10-3-2-4-11-17/h2-6,8,10-12,14,19H,7,9,13,15H2,1H3/t19-/m0/s1. The van der Waals surface area contributed by atoms with Gasteiger partial charge in [0.05, 0.1) is 6.67 Å². The Morgan fingerprint density at radius 2 is 1.88 bits per heavy atom. The van der Waals surface area contributed by atoms with Crippen molar-refractivity contribution in [1.82, 2.24) is 19.2 Å². The van der Waals surface area contributed by atoms with Gasteiger partial charge < -0.3 is 0 Å². The summed E-state index contributed by atoms with van der Waals surface area (Å²) in [6.45, 7) is 0.692. The quantitative estimate of drug-likeness (QED) is 0.654. The summed E-state index contributed by atoms with van der Waals surface area (Å²) in [5.74, 6) is 0. The Balaban J connectivity index is 1.58. The van der Waals surface area contributed by atoms with Crippen molar-refractivity contribution < 1.29 is 0 Å². The average molecular weight is 350 g/mol. The summed E-state index contributed by atoms with van der Waals surface area (Å²) in [5.41, 5.74) is 3.97. The molecule has 4 rings (SSSR count). The number of aryl methyl sites for hydroxylation is 1. The minimum Gasteiger partial charge on any atom is -0.280 e. The lowest BCUT2D eigenvalue weighted by Gasteiger charge is -2.33. The van der Waals surface area contributed by atoms with Crippen molar-refractivity contribution in [2.45, 2.75) is 32.0 Å². The van der Waals surface area contributed by atoms with Crippen LogP contribution in [0.3, 0.4) is 0 Å². The van der Waals surface area contributed by atoms with E-state index in [0.29, 0.717) is 12.7 Å². The third-order valence-corrected chi connectivity index (χ3v) is 5.40. The molecular formula is C20H22N4S. The fraction of sp³-hybridized carbons (Fsp3) is 0.300. The van der Waals surface area contributed by atoms with Crippen molar-refractivity contribution in [2.75, 3.05) is 7.05 Å². The second-order valence-corrected chi connectivity index (χ2v) is 6.99. The Hall–Kier alpha value is -2.24. The van der Waals surface area contributed by atoms with Crippen LogP contribution in [0.5, 0.6) is 0 Å². The highest BCUT2D eigenvalue weighted by atomic mass is 32.1. The molecule has 0 fully saturated rings. The van der Waals surface area contributed by atoms with E-state index >= 15 is 0 Å². The Kier molecular flexibility index (Phi) is 4.51. The maximum atomic E-state index is 5.64. The minimum absolute atomic E-state index is 0.425. The van der Waals surface area contributed by atoms with Crippen molar-refractivity contribution >= 4 is 12.2 Å². The first kappa shape index (κ1) is 16.2. The Morgan fingerprint density at radius 3 is 2.72 bits per heavy atom. The maximum Gasteiger partial charge on any atom is 0.203 e. The largest absolute Gasteiger partial charge is 0.280 e. The average Bonchev–Trinajstić information content (AvgIpc) is 3.02. The molecule has 1 aromatic heterocycles. The monoisotopic (exact) mass is 350 g/mol. The van der Waals surface area contributed by atoms with Gasteiger partial charge >= 0.3 is 0 Å². The lowest BCUT2D eigenvalue weighted by molar-refractivity contribution is 0.165. The molecule has 25 heavy (non-hydrogen) atoms. The number of rotatable bonds is 4. The van der Waals surface area contributed by atoms with Crippen LogP contribution >= 0.6 is 12.2 Å². The predicted molar refractivity (Wildman–Crippen MR) is 102 cm³/mol. The molecule has 128 valence electrons. The predicted octanol–water partition coefficient (Wildman–Crippen LogP) is 4.37. The van der Waals surface area contributed by atoms with Gasteiger partial charge in [-0.1, -0.05) is 42.5 Å². The molecule has 0 bridgehead atoms. The third kappa shape index (κ3) is 3.17. The molecule has 0 saturated carbocycles. The molecule has 1 heterocycles. The Labute approximate surface area is 153 Å². The number of nitrogens with zero attached hydrogens (tertiary/aromatic N) is 4. The van der Waals surface area contributed by atoms with Crippen molar-refractivity contribution in [3.05, 3.63) is 76.8 Å². The number of hydrogen-bond donors (Lipinski definition) is 0. The van der Waals surface area contributed by atoms with E-state index < -0.39 is 0 Å². The number of aromatic nitrogens is 3. The van der Waals surface area contributed by atoms with Crippen LogP contribution in [0.1, 0.15) is 30.0 Å². The summed E-state index contributed by atoms with van der Waals surface area (Å²) in [6, 6.07) is 19.3. The highest BCUT2D eigenvalue weighted by Gasteiger charge is 2.23. The zero-order valence-corrected chi connectivity index (χ0v) is 15.2. The molecule has 1 aliphatic rings. The van der Waals surface area contributed by atoms with Crippen LogP contribution in [0.2, 0.25) is 0 Å². The highest BCUT2D eigenvalue weighted by Crippen LogP contribution is 2.33. The van der Waals surface area contributed by atoms with Gasteiger partial charge in [0.2, 0.25) is 4.77 Å². The van der Waals surface area contributed by atoms with Crippen molar-refractivity contribution in [2.24, 2.45) is 0 Å². The topological polar surface area (TPSA) is 26.0 Å². The van der Waals surface area contributed by atoms with E-state index in [1.807, 2.05) is 39.6 Å². The van der Waals surface area contributed by atoms with E-state index in [2.05, 4.69) is 41.3 Å². The van der Waals surface area contributed by atoms with E-state index in [0.717, 1.165) is 10.5 Å². The van der Waals surface area contributed by atoms with Crippen LogP contribution < -0.4 is 0 Å². The zero-order chi connectivity index (χ0) is 17.2. The molecule has 0 saturated heterocycles. The molecule has 0 aliphatic heterocycles. The third-order valence-electron chi connectivity index (χ3n) is 4.99. The zero-order valence-electron chi connectivity index (χ0n) is 14.4. The molecule has 0 N–H and O–H groups in total. The van der Waals surface area contributed by atoms with Crippen LogP contribution in [0, 0.1) is 4.77 Å². The fourth-order valence-corrected chi connectivity index (χ4v) is 3.95. The molecule has 1 atom stereocenters. The second-order valence-electron chi connectivity index (χ2n) is 6.62. The second kappa shape index (κ2) is 6.94. The first-order valence-corrected chi connectivity index (χ1v) is 9.13.